The van der Waals surface area contributed by atoms with Crippen LogP contribution < -0.4 is 4.74 Å². The maximum atomic E-state index is 12.8. The van der Waals surface area contributed by atoms with Gasteiger partial charge in [0.15, 0.2) is 0 Å². The largest absolute Gasteiger partial charge is 0.487 e. The molecule has 0 amide bonds. The smallest absolute Gasteiger partial charge is 0.243 e. The maximum Gasteiger partial charge on any atom is 0.243 e. The second-order valence-corrected chi connectivity index (χ2v) is 8.21. The van der Waals surface area contributed by atoms with Gasteiger partial charge in [-0.3, -0.25) is 4.98 Å². The fourth-order valence-corrected chi connectivity index (χ4v) is 4.39. The first-order valence-electron chi connectivity index (χ1n) is 7.80. The average Bonchev–Trinajstić information content (AvgIpc) is 2.58. The highest BCUT2D eigenvalue weighted by molar-refractivity contribution is 7.89. The molecular weight excluding hydrogens is 348 g/mol. The number of hydrogen-bond donors (Lipinski definition) is 0. The number of hydrogen-bond acceptors (Lipinski definition) is 4. The van der Waals surface area contributed by atoms with Crippen LogP contribution >= 0.6 is 11.6 Å². The fraction of sp³-hybridized carbons (Fsp3) is 0.353. The molecule has 1 aromatic heterocycles. The molecule has 1 atom stereocenters. The Balaban J connectivity index is 1.75. The van der Waals surface area contributed by atoms with Gasteiger partial charge in [-0.2, -0.15) is 4.31 Å². The van der Waals surface area contributed by atoms with Crippen molar-refractivity contribution in [1.29, 1.82) is 0 Å². The molecule has 0 saturated carbocycles. The highest BCUT2D eigenvalue weighted by atomic mass is 35.5. The lowest BCUT2D eigenvalue weighted by atomic mass is 10.1. The Morgan fingerprint density at radius 3 is 2.71 bits per heavy atom. The Kier molecular flexibility index (Phi) is 5.08. The standard InChI is InChI=1S/C17H19ClN2O3S/c1-13-4-6-15(7-5-13)24(21,22)20-10-2-3-14(12-20)23-17-8-9-19-11-16(17)18/h4-9,11,14H,2-3,10,12H2,1H3. The number of aryl methyl sites for hydroxylation is 1. The Labute approximate surface area is 147 Å². The fourth-order valence-electron chi connectivity index (χ4n) is 2.72. The predicted molar refractivity (Wildman–Crippen MR) is 92.8 cm³/mol. The molecule has 2 heterocycles. The van der Waals surface area contributed by atoms with Crippen molar-refractivity contribution in [2.45, 2.75) is 30.8 Å². The summed E-state index contributed by atoms with van der Waals surface area (Å²) >= 11 is 6.06. The number of nitrogens with zero attached hydrogens (tertiary/aromatic N) is 2. The first-order chi connectivity index (χ1) is 11.5. The molecular formula is C17H19ClN2O3S. The van der Waals surface area contributed by atoms with E-state index in [9.17, 15) is 8.42 Å². The lowest BCUT2D eigenvalue weighted by molar-refractivity contribution is 0.130. The summed E-state index contributed by atoms with van der Waals surface area (Å²) in [5.41, 5.74) is 1.03. The van der Waals surface area contributed by atoms with E-state index in [1.807, 2.05) is 19.1 Å². The normalized spacial score (nSPS) is 19.2. The Morgan fingerprint density at radius 1 is 1.25 bits per heavy atom. The Hall–Kier alpha value is -1.63. The van der Waals surface area contributed by atoms with E-state index >= 15 is 0 Å². The van der Waals surface area contributed by atoms with Gasteiger partial charge >= 0.3 is 0 Å². The number of piperidine rings is 1. The van der Waals surface area contributed by atoms with Crippen molar-refractivity contribution in [3.8, 4) is 5.75 Å². The van der Waals surface area contributed by atoms with E-state index < -0.39 is 10.0 Å². The molecule has 128 valence electrons. The molecule has 0 radical (unpaired) electrons. The lowest BCUT2D eigenvalue weighted by Crippen LogP contribution is -2.44. The lowest BCUT2D eigenvalue weighted by Gasteiger charge is -2.32. The molecule has 1 aliphatic rings. The van der Waals surface area contributed by atoms with Gasteiger partial charge in [-0.1, -0.05) is 29.3 Å². The molecule has 0 aliphatic carbocycles. The van der Waals surface area contributed by atoms with Gasteiger partial charge < -0.3 is 4.74 Å². The number of benzene rings is 1. The summed E-state index contributed by atoms with van der Waals surface area (Å²) in [7, 11) is -3.51. The highest BCUT2D eigenvalue weighted by Gasteiger charge is 2.31. The second-order valence-electron chi connectivity index (χ2n) is 5.86. The van der Waals surface area contributed by atoms with E-state index in [0.29, 0.717) is 28.8 Å². The molecule has 1 aliphatic heterocycles. The van der Waals surface area contributed by atoms with Crippen LogP contribution in [0.15, 0.2) is 47.6 Å². The van der Waals surface area contributed by atoms with E-state index in [2.05, 4.69) is 4.98 Å². The SMILES string of the molecule is Cc1ccc(S(=O)(=O)N2CCCC(Oc3ccncc3Cl)C2)cc1. The molecule has 0 bridgehead atoms. The van der Waals surface area contributed by atoms with Gasteiger partial charge in [0.1, 0.15) is 16.9 Å². The third-order valence-corrected chi connectivity index (χ3v) is 6.19. The first-order valence-corrected chi connectivity index (χ1v) is 9.61. The van der Waals surface area contributed by atoms with Gasteiger partial charge in [-0.15, -0.1) is 0 Å². The zero-order valence-corrected chi connectivity index (χ0v) is 14.9. The van der Waals surface area contributed by atoms with Gasteiger partial charge in [0.25, 0.3) is 0 Å². The molecule has 2 aromatic rings. The Bertz CT molecular complexity index is 809. The van der Waals surface area contributed by atoms with Crippen LogP contribution in [0, 0.1) is 6.92 Å². The number of halogens is 1. The van der Waals surface area contributed by atoms with Gasteiger partial charge in [0.05, 0.1) is 11.4 Å². The monoisotopic (exact) mass is 366 g/mol. The first kappa shape index (κ1) is 17.2. The van der Waals surface area contributed by atoms with Crippen molar-refractivity contribution in [2.24, 2.45) is 0 Å². The molecule has 1 unspecified atom stereocenters. The summed E-state index contributed by atoms with van der Waals surface area (Å²) in [5.74, 6) is 0.534. The summed E-state index contributed by atoms with van der Waals surface area (Å²) in [6.07, 6.45) is 4.43. The van der Waals surface area contributed by atoms with E-state index in [1.54, 1.807) is 24.4 Å². The van der Waals surface area contributed by atoms with Crippen LogP contribution in [0.2, 0.25) is 5.02 Å². The molecule has 0 N–H and O–H groups in total. The number of sulfonamides is 1. The number of rotatable bonds is 4. The van der Waals surface area contributed by atoms with Crippen molar-refractivity contribution in [1.82, 2.24) is 9.29 Å². The Morgan fingerprint density at radius 2 is 2.00 bits per heavy atom. The number of aromatic nitrogens is 1. The molecule has 3 rings (SSSR count). The van der Waals surface area contributed by atoms with Gasteiger partial charge in [-0.25, -0.2) is 8.42 Å². The molecule has 24 heavy (non-hydrogen) atoms. The highest BCUT2D eigenvalue weighted by Crippen LogP contribution is 2.27. The van der Waals surface area contributed by atoms with Crippen LogP contribution in [0.5, 0.6) is 5.75 Å². The van der Waals surface area contributed by atoms with Crippen LogP contribution in [0.25, 0.3) is 0 Å². The van der Waals surface area contributed by atoms with Crippen LogP contribution in [-0.4, -0.2) is 36.9 Å². The van der Waals surface area contributed by atoms with E-state index in [1.165, 1.54) is 10.5 Å². The minimum Gasteiger partial charge on any atom is -0.487 e. The van der Waals surface area contributed by atoms with E-state index in [4.69, 9.17) is 16.3 Å². The van der Waals surface area contributed by atoms with Crippen LogP contribution in [0.3, 0.4) is 0 Å². The predicted octanol–water partition coefficient (Wildman–Crippen LogP) is 3.28. The van der Waals surface area contributed by atoms with Crippen molar-refractivity contribution in [2.75, 3.05) is 13.1 Å². The molecule has 5 nitrogen and oxygen atoms in total. The molecule has 0 spiro atoms. The number of ether oxygens (including phenoxy) is 1. The molecule has 1 aromatic carbocycles. The third kappa shape index (κ3) is 3.71. The van der Waals surface area contributed by atoms with Crippen LogP contribution in [-0.2, 0) is 10.0 Å². The summed E-state index contributed by atoms with van der Waals surface area (Å²) in [6.45, 7) is 2.74. The maximum absolute atomic E-state index is 12.8. The summed E-state index contributed by atoms with van der Waals surface area (Å²) in [4.78, 5) is 4.24. The van der Waals surface area contributed by atoms with Crippen molar-refractivity contribution in [3.63, 3.8) is 0 Å². The molecule has 7 heteroatoms. The number of pyridine rings is 1. The van der Waals surface area contributed by atoms with E-state index in [-0.39, 0.29) is 6.10 Å². The zero-order chi connectivity index (χ0) is 17.2. The van der Waals surface area contributed by atoms with Crippen LogP contribution in [0.4, 0.5) is 0 Å². The topological polar surface area (TPSA) is 59.5 Å². The average molecular weight is 367 g/mol. The van der Waals surface area contributed by atoms with Gasteiger partial charge in [0, 0.05) is 25.0 Å². The van der Waals surface area contributed by atoms with E-state index in [0.717, 1.165) is 18.4 Å². The van der Waals surface area contributed by atoms with Crippen molar-refractivity contribution in [3.05, 3.63) is 53.3 Å². The minimum absolute atomic E-state index is 0.223. The quantitative estimate of drug-likeness (QED) is 0.833. The molecule has 1 saturated heterocycles. The van der Waals surface area contributed by atoms with Crippen molar-refractivity contribution >= 4 is 21.6 Å². The van der Waals surface area contributed by atoms with Gasteiger partial charge in [0.2, 0.25) is 10.0 Å². The minimum atomic E-state index is -3.51. The second kappa shape index (κ2) is 7.09. The van der Waals surface area contributed by atoms with Gasteiger partial charge in [-0.05, 0) is 31.9 Å². The molecule has 1 fully saturated rings. The summed E-state index contributed by atoms with van der Waals surface area (Å²) in [6, 6.07) is 8.60. The van der Waals surface area contributed by atoms with Crippen molar-refractivity contribution < 1.29 is 13.2 Å². The summed E-state index contributed by atoms with van der Waals surface area (Å²) < 4.78 is 33.0. The summed E-state index contributed by atoms with van der Waals surface area (Å²) in [5, 5.41) is 0.427. The van der Waals surface area contributed by atoms with Crippen LogP contribution in [0.1, 0.15) is 18.4 Å². The zero-order valence-electron chi connectivity index (χ0n) is 13.4. The third-order valence-electron chi connectivity index (χ3n) is 4.03.